The number of carbonyl (C=O) groups is 1. The number of nitrogens with one attached hydrogen (secondary N) is 1. The Morgan fingerprint density at radius 2 is 2.00 bits per heavy atom. The molecular weight excluding hydrogens is 273 g/mol. The number of benzene rings is 1. The Bertz CT molecular complexity index is 473. The highest BCUT2D eigenvalue weighted by Gasteiger charge is 2.34. The molecule has 0 heterocycles. The second-order valence-electron chi connectivity index (χ2n) is 4.65. The number of rotatable bonds is 6. The zero-order valence-electron chi connectivity index (χ0n) is 11.3. The van der Waals surface area contributed by atoms with Crippen LogP contribution in [-0.4, -0.2) is 43.2 Å². The topological polar surface area (TPSA) is 52.6 Å². The average molecular weight is 290 g/mol. The first-order chi connectivity index (χ1) is 9.21. The van der Waals surface area contributed by atoms with E-state index in [9.17, 15) is 18.0 Å². The first-order valence-corrected chi connectivity index (χ1v) is 6.05. The van der Waals surface area contributed by atoms with Gasteiger partial charge in [0.15, 0.2) is 0 Å². The van der Waals surface area contributed by atoms with Gasteiger partial charge in [-0.05, 0) is 45.3 Å². The van der Waals surface area contributed by atoms with E-state index < -0.39 is 17.7 Å². The lowest BCUT2D eigenvalue weighted by atomic mass is 10.1. The molecular formula is C13H17F3N2O2. The number of carboxylic acid groups (broad SMARTS) is 1. The van der Waals surface area contributed by atoms with Crippen molar-refractivity contribution < 1.29 is 23.1 Å². The van der Waals surface area contributed by atoms with Gasteiger partial charge in [0.25, 0.3) is 0 Å². The molecule has 0 unspecified atom stereocenters. The fraction of sp³-hybridized carbons (Fsp3) is 0.462. The molecule has 0 saturated heterocycles. The summed E-state index contributed by atoms with van der Waals surface area (Å²) in [5.74, 6) is -1.38. The maximum atomic E-state index is 12.9. The lowest BCUT2D eigenvalue weighted by Gasteiger charge is -2.16. The third-order valence-electron chi connectivity index (χ3n) is 2.67. The molecule has 20 heavy (non-hydrogen) atoms. The van der Waals surface area contributed by atoms with E-state index in [-0.39, 0.29) is 11.3 Å². The number of hydrogen-bond acceptors (Lipinski definition) is 3. The van der Waals surface area contributed by atoms with Crippen LogP contribution in [0.5, 0.6) is 0 Å². The van der Waals surface area contributed by atoms with Crippen molar-refractivity contribution in [2.24, 2.45) is 0 Å². The van der Waals surface area contributed by atoms with Gasteiger partial charge in [-0.3, -0.25) is 0 Å². The Hall–Kier alpha value is -1.76. The lowest BCUT2D eigenvalue weighted by molar-refractivity contribution is -0.137. The van der Waals surface area contributed by atoms with E-state index >= 15 is 0 Å². The standard InChI is InChI=1S/C13H17F3N2O2/c1-18(2)7-3-6-17-11-5-4-9(12(19)20)8-10(11)13(14,15)16/h4-5,8,17H,3,6-7H2,1-2H3,(H,19,20). The molecule has 2 N–H and O–H groups in total. The van der Waals surface area contributed by atoms with E-state index in [2.05, 4.69) is 5.32 Å². The molecule has 0 aliphatic carbocycles. The highest BCUT2D eigenvalue weighted by atomic mass is 19.4. The molecule has 0 bridgehead atoms. The van der Waals surface area contributed by atoms with Crippen LogP contribution in [0.25, 0.3) is 0 Å². The Morgan fingerprint density at radius 1 is 1.35 bits per heavy atom. The third-order valence-corrected chi connectivity index (χ3v) is 2.67. The van der Waals surface area contributed by atoms with Crippen molar-refractivity contribution in [1.82, 2.24) is 4.90 Å². The van der Waals surface area contributed by atoms with Crippen molar-refractivity contribution >= 4 is 11.7 Å². The Kier molecular flexibility index (Phi) is 5.38. The summed E-state index contributed by atoms with van der Waals surface area (Å²) in [5.41, 5.74) is -1.43. The van der Waals surface area contributed by atoms with Gasteiger partial charge >= 0.3 is 12.1 Å². The fourth-order valence-electron chi connectivity index (χ4n) is 1.68. The predicted molar refractivity (Wildman–Crippen MR) is 70.1 cm³/mol. The molecule has 0 aliphatic heterocycles. The minimum atomic E-state index is -4.59. The zero-order chi connectivity index (χ0) is 15.3. The molecule has 0 radical (unpaired) electrons. The SMILES string of the molecule is CN(C)CCCNc1ccc(C(=O)O)cc1C(F)(F)F. The van der Waals surface area contributed by atoms with Crippen molar-refractivity contribution in [1.29, 1.82) is 0 Å². The maximum Gasteiger partial charge on any atom is 0.418 e. The first kappa shape index (κ1) is 16.3. The summed E-state index contributed by atoms with van der Waals surface area (Å²) in [6, 6.07) is 2.96. The van der Waals surface area contributed by atoms with Crippen molar-refractivity contribution in [3.8, 4) is 0 Å². The van der Waals surface area contributed by atoms with Gasteiger partial charge in [0.1, 0.15) is 0 Å². The van der Waals surface area contributed by atoms with E-state index in [1.807, 2.05) is 19.0 Å². The van der Waals surface area contributed by atoms with E-state index in [0.717, 1.165) is 18.7 Å². The summed E-state index contributed by atoms with van der Waals surface area (Å²) in [4.78, 5) is 12.7. The van der Waals surface area contributed by atoms with Gasteiger partial charge in [0.2, 0.25) is 0 Å². The fourth-order valence-corrected chi connectivity index (χ4v) is 1.68. The number of hydrogen-bond donors (Lipinski definition) is 2. The quantitative estimate of drug-likeness (QED) is 0.791. The normalized spacial score (nSPS) is 11.7. The molecule has 1 aromatic rings. The van der Waals surface area contributed by atoms with Gasteiger partial charge in [-0.2, -0.15) is 13.2 Å². The molecule has 1 rings (SSSR count). The van der Waals surface area contributed by atoms with Crippen molar-refractivity contribution in [2.75, 3.05) is 32.5 Å². The van der Waals surface area contributed by atoms with Crippen LogP contribution in [0.1, 0.15) is 22.3 Å². The highest BCUT2D eigenvalue weighted by Crippen LogP contribution is 2.35. The van der Waals surface area contributed by atoms with Crippen LogP contribution in [0.2, 0.25) is 0 Å². The van der Waals surface area contributed by atoms with Crippen LogP contribution in [0.15, 0.2) is 18.2 Å². The Morgan fingerprint density at radius 3 is 2.50 bits per heavy atom. The van der Waals surface area contributed by atoms with Crippen molar-refractivity contribution in [3.05, 3.63) is 29.3 Å². The van der Waals surface area contributed by atoms with E-state index in [0.29, 0.717) is 19.0 Å². The number of alkyl halides is 3. The highest BCUT2D eigenvalue weighted by molar-refractivity contribution is 5.88. The van der Waals surface area contributed by atoms with Crippen LogP contribution in [0.4, 0.5) is 18.9 Å². The van der Waals surface area contributed by atoms with Crippen molar-refractivity contribution in [2.45, 2.75) is 12.6 Å². The van der Waals surface area contributed by atoms with Gasteiger partial charge in [-0.1, -0.05) is 0 Å². The summed E-state index contributed by atoms with van der Waals surface area (Å²) in [7, 11) is 3.76. The van der Waals surface area contributed by atoms with Gasteiger partial charge in [0.05, 0.1) is 11.1 Å². The minimum Gasteiger partial charge on any atom is -0.478 e. The van der Waals surface area contributed by atoms with Gasteiger partial charge in [0, 0.05) is 12.2 Å². The monoisotopic (exact) mass is 290 g/mol. The van der Waals surface area contributed by atoms with Gasteiger partial charge < -0.3 is 15.3 Å². The summed E-state index contributed by atoms with van der Waals surface area (Å²) in [6.45, 7) is 1.13. The number of halogens is 3. The first-order valence-electron chi connectivity index (χ1n) is 6.05. The number of nitrogens with zero attached hydrogens (tertiary/aromatic N) is 1. The molecule has 4 nitrogen and oxygen atoms in total. The van der Waals surface area contributed by atoms with Crippen LogP contribution in [0.3, 0.4) is 0 Å². The molecule has 0 fully saturated rings. The number of anilines is 1. The second-order valence-corrected chi connectivity index (χ2v) is 4.65. The molecule has 0 aromatic heterocycles. The zero-order valence-corrected chi connectivity index (χ0v) is 11.3. The van der Waals surface area contributed by atoms with Crippen LogP contribution in [-0.2, 0) is 6.18 Å². The van der Waals surface area contributed by atoms with Crippen LogP contribution < -0.4 is 5.32 Å². The average Bonchev–Trinajstić information content (AvgIpc) is 2.33. The van der Waals surface area contributed by atoms with E-state index in [4.69, 9.17) is 5.11 Å². The number of carboxylic acids is 1. The minimum absolute atomic E-state index is 0.0961. The lowest BCUT2D eigenvalue weighted by Crippen LogP contribution is -2.18. The van der Waals surface area contributed by atoms with Gasteiger partial charge in [-0.25, -0.2) is 4.79 Å². The molecule has 1 aromatic carbocycles. The molecule has 0 amide bonds. The summed E-state index contributed by atoms with van der Waals surface area (Å²) in [5, 5.41) is 11.4. The largest absolute Gasteiger partial charge is 0.478 e. The Balaban J connectivity index is 2.87. The Labute approximate surface area is 115 Å². The van der Waals surface area contributed by atoms with E-state index in [1.54, 1.807) is 0 Å². The van der Waals surface area contributed by atoms with Crippen molar-refractivity contribution in [3.63, 3.8) is 0 Å². The smallest absolute Gasteiger partial charge is 0.418 e. The second kappa shape index (κ2) is 6.60. The van der Waals surface area contributed by atoms with Gasteiger partial charge in [-0.15, -0.1) is 0 Å². The van der Waals surface area contributed by atoms with E-state index in [1.165, 1.54) is 0 Å². The maximum absolute atomic E-state index is 12.9. The molecule has 112 valence electrons. The molecule has 0 spiro atoms. The molecule has 0 aliphatic rings. The summed E-state index contributed by atoms with van der Waals surface area (Å²) < 4.78 is 38.7. The summed E-state index contributed by atoms with van der Waals surface area (Å²) in [6.07, 6.45) is -3.90. The number of aromatic carboxylic acids is 1. The van der Waals surface area contributed by atoms with Crippen LogP contribution in [0, 0.1) is 0 Å². The predicted octanol–water partition coefficient (Wildman–Crippen LogP) is 2.77. The summed E-state index contributed by atoms with van der Waals surface area (Å²) >= 11 is 0. The third kappa shape index (κ3) is 4.73. The molecule has 7 heteroatoms. The molecule has 0 saturated carbocycles. The molecule has 0 atom stereocenters. The van der Waals surface area contributed by atoms with Crippen LogP contribution >= 0.6 is 0 Å².